The smallest absolute Gasteiger partial charge is 0.340 e. The van der Waals surface area contributed by atoms with Crippen LogP contribution in [0.3, 0.4) is 0 Å². The number of aryl methyl sites for hydroxylation is 1. The van der Waals surface area contributed by atoms with Crippen molar-refractivity contribution in [3.05, 3.63) is 59.2 Å². The van der Waals surface area contributed by atoms with E-state index in [9.17, 15) is 9.59 Å². The first kappa shape index (κ1) is 19.7. The molecule has 0 bridgehead atoms. The minimum absolute atomic E-state index is 0.163. The molecule has 6 nitrogen and oxygen atoms in total. The topological polar surface area (TPSA) is 65.1 Å². The van der Waals surface area contributed by atoms with Crippen LogP contribution in [0.1, 0.15) is 34.3 Å². The Morgan fingerprint density at radius 1 is 1.11 bits per heavy atom. The summed E-state index contributed by atoms with van der Waals surface area (Å²) < 4.78 is 15.6. The molecular weight excluding hydrogens is 358 g/mol. The average Bonchev–Trinajstić information content (AvgIpc) is 3.21. The molecule has 1 heterocycles. The fraction of sp³-hybridized carbons (Fsp3) is 0.364. The van der Waals surface area contributed by atoms with Crippen molar-refractivity contribution in [1.29, 1.82) is 0 Å². The maximum Gasteiger partial charge on any atom is 0.340 e. The largest absolute Gasteiger partial charge is 0.497 e. The molecule has 2 aromatic carbocycles. The highest BCUT2D eigenvalue weighted by Crippen LogP contribution is 2.31. The number of benzene rings is 2. The van der Waals surface area contributed by atoms with Crippen LogP contribution in [0.4, 0.5) is 5.69 Å². The van der Waals surface area contributed by atoms with E-state index in [0.29, 0.717) is 24.2 Å². The van der Waals surface area contributed by atoms with Crippen LogP contribution in [0.5, 0.6) is 5.75 Å². The molecule has 0 saturated carbocycles. The summed E-state index contributed by atoms with van der Waals surface area (Å²) in [5.74, 6) is 0.0552. The molecule has 1 aliphatic rings. The maximum atomic E-state index is 12.8. The number of methoxy groups -OCH3 is 2. The molecule has 0 spiro atoms. The monoisotopic (exact) mass is 383 g/mol. The van der Waals surface area contributed by atoms with Crippen LogP contribution in [0.2, 0.25) is 0 Å². The van der Waals surface area contributed by atoms with Crippen molar-refractivity contribution in [2.24, 2.45) is 0 Å². The van der Waals surface area contributed by atoms with Crippen LogP contribution in [0, 0.1) is 6.92 Å². The molecule has 1 aliphatic heterocycles. The molecule has 0 aromatic heterocycles. The summed E-state index contributed by atoms with van der Waals surface area (Å²) in [6.07, 6.45) is 1.58. The first-order chi connectivity index (χ1) is 13.5. The molecule has 2 aromatic rings. The molecule has 1 saturated heterocycles. The molecule has 6 heteroatoms. The van der Waals surface area contributed by atoms with Gasteiger partial charge in [0.25, 0.3) is 0 Å². The molecule has 3 rings (SSSR count). The van der Waals surface area contributed by atoms with Crippen molar-refractivity contribution >= 4 is 17.6 Å². The van der Waals surface area contributed by atoms with Gasteiger partial charge < -0.3 is 19.1 Å². The molecule has 1 atom stereocenters. The van der Waals surface area contributed by atoms with E-state index < -0.39 is 5.97 Å². The van der Waals surface area contributed by atoms with Gasteiger partial charge in [-0.2, -0.15) is 0 Å². The highest BCUT2D eigenvalue weighted by molar-refractivity contribution is 5.97. The van der Waals surface area contributed by atoms with Crippen LogP contribution in [0.15, 0.2) is 42.5 Å². The second-order valence-corrected chi connectivity index (χ2v) is 6.82. The third-order valence-electron chi connectivity index (χ3n) is 4.94. The zero-order chi connectivity index (χ0) is 20.1. The summed E-state index contributed by atoms with van der Waals surface area (Å²) in [4.78, 5) is 26.9. The van der Waals surface area contributed by atoms with Crippen LogP contribution in [-0.4, -0.2) is 38.7 Å². The molecule has 0 unspecified atom stereocenters. The van der Waals surface area contributed by atoms with Gasteiger partial charge in [0.2, 0.25) is 0 Å². The lowest BCUT2D eigenvalue weighted by atomic mass is 10.1. The molecule has 0 radical (unpaired) electrons. The van der Waals surface area contributed by atoms with Crippen LogP contribution >= 0.6 is 0 Å². The van der Waals surface area contributed by atoms with Gasteiger partial charge in [-0.25, -0.2) is 9.59 Å². The average molecular weight is 383 g/mol. The van der Waals surface area contributed by atoms with Crippen molar-refractivity contribution in [2.75, 3.05) is 25.7 Å². The number of anilines is 1. The number of carbonyl (C=O) groups is 2. The summed E-state index contributed by atoms with van der Waals surface area (Å²) >= 11 is 0. The predicted molar refractivity (Wildman–Crippen MR) is 106 cm³/mol. The second-order valence-electron chi connectivity index (χ2n) is 6.82. The van der Waals surface area contributed by atoms with Gasteiger partial charge in [0.05, 0.1) is 25.5 Å². The van der Waals surface area contributed by atoms with Gasteiger partial charge in [-0.1, -0.05) is 23.8 Å². The minimum Gasteiger partial charge on any atom is -0.497 e. The van der Waals surface area contributed by atoms with E-state index in [2.05, 4.69) is 0 Å². The second kappa shape index (κ2) is 8.78. The molecule has 1 fully saturated rings. The SMILES string of the molecule is COC(=O)[C@@H]1CCCN1c1ccc(C)cc1C(=O)OCc1ccc(OC)cc1. The van der Waals surface area contributed by atoms with Crippen molar-refractivity contribution < 1.29 is 23.8 Å². The van der Waals surface area contributed by atoms with Crippen LogP contribution in [0.25, 0.3) is 0 Å². The fourth-order valence-electron chi connectivity index (χ4n) is 3.45. The highest BCUT2D eigenvalue weighted by atomic mass is 16.5. The van der Waals surface area contributed by atoms with E-state index in [1.807, 2.05) is 48.2 Å². The highest BCUT2D eigenvalue weighted by Gasteiger charge is 2.33. The van der Waals surface area contributed by atoms with Gasteiger partial charge in [-0.3, -0.25) is 0 Å². The Morgan fingerprint density at radius 3 is 2.54 bits per heavy atom. The molecule has 0 N–H and O–H groups in total. The Morgan fingerprint density at radius 2 is 1.86 bits per heavy atom. The third kappa shape index (κ3) is 4.27. The number of esters is 2. The summed E-state index contributed by atoms with van der Waals surface area (Å²) in [5.41, 5.74) is 2.99. The van der Waals surface area contributed by atoms with Gasteiger partial charge in [0.1, 0.15) is 18.4 Å². The van der Waals surface area contributed by atoms with Crippen molar-refractivity contribution in [3.8, 4) is 5.75 Å². The normalized spacial score (nSPS) is 16.0. The Kier molecular flexibility index (Phi) is 6.19. The molecule has 28 heavy (non-hydrogen) atoms. The predicted octanol–water partition coefficient (Wildman–Crippen LogP) is 3.50. The maximum absolute atomic E-state index is 12.8. The molecule has 148 valence electrons. The lowest BCUT2D eigenvalue weighted by molar-refractivity contribution is -0.141. The Hall–Kier alpha value is -3.02. The lowest BCUT2D eigenvalue weighted by Crippen LogP contribution is -2.37. The van der Waals surface area contributed by atoms with Gasteiger partial charge in [0, 0.05) is 6.54 Å². The van der Waals surface area contributed by atoms with Gasteiger partial charge >= 0.3 is 11.9 Å². The Balaban J connectivity index is 1.79. The fourth-order valence-corrected chi connectivity index (χ4v) is 3.45. The van der Waals surface area contributed by atoms with E-state index in [-0.39, 0.29) is 18.6 Å². The number of ether oxygens (including phenoxy) is 3. The van der Waals surface area contributed by atoms with E-state index in [0.717, 1.165) is 23.3 Å². The number of hydrogen-bond acceptors (Lipinski definition) is 6. The number of rotatable bonds is 6. The van der Waals surface area contributed by atoms with Crippen LogP contribution in [-0.2, 0) is 20.9 Å². The van der Waals surface area contributed by atoms with Crippen LogP contribution < -0.4 is 9.64 Å². The first-order valence-electron chi connectivity index (χ1n) is 9.28. The summed E-state index contributed by atoms with van der Waals surface area (Å²) in [5, 5.41) is 0. The van der Waals surface area contributed by atoms with Gasteiger partial charge in [-0.15, -0.1) is 0 Å². The minimum atomic E-state index is -0.412. The van der Waals surface area contributed by atoms with Crippen molar-refractivity contribution in [1.82, 2.24) is 0 Å². The molecule has 0 aliphatic carbocycles. The first-order valence-corrected chi connectivity index (χ1v) is 9.28. The lowest BCUT2D eigenvalue weighted by Gasteiger charge is -2.26. The Bertz CT molecular complexity index is 847. The zero-order valence-electron chi connectivity index (χ0n) is 16.4. The van der Waals surface area contributed by atoms with E-state index in [1.54, 1.807) is 13.2 Å². The third-order valence-corrected chi connectivity index (χ3v) is 4.94. The Labute approximate surface area is 165 Å². The van der Waals surface area contributed by atoms with E-state index in [1.165, 1.54) is 7.11 Å². The van der Waals surface area contributed by atoms with Crippen molar-refractivity contribution in [3.63, 3.8) is 0 Å². The summed E-state index contributed by atoms with van der Waals surface area (Å²) in [6.45, 7) is 2.78. The standard InChI is InChI=1S/C22H25NO5/c1-15-6-11-19(23-12-4-5-20(23)22(25)27-3)18(13-15)21(24)28-14-16-7-9-17(26-2)10-8-16/h6-11,13,20H,4-5,12,14H2,1-3H3/t20-/m0/s1. The molecular formula is C22H25NO5. The van der Waals surface area contributed by atoms with Crippen molar-refractivity contribution in [2.45, 2.75) is 32.4 Å². The summed E-state index contributed by atoms with van der Waals surface area (Å²) in [6, 6.07) is 12.6. The quantitative estimate of drug-likeness (QED) is 0.712. The number of nitrogens with zero attached hydrogens (tertiary/aromatic N) is 1. The number of carbonyl (C=O) groups excluding carboxylic acids is 2. The number of hydrogen-bond donors (Lipinski definition) is 0. The van der Waals surface area contributed by atoms with Gasteiger partial charge in [0.15, 0.2) is 0 Å². The summed E-state index contributed by atoms with van der Waals surface area (Å²) in [7, 11) is 2.99. The van der Waals surface area contributed by atoms with Gasteiger partial charge in [-0.05, 0) is 49.6 Å². The molecule has 0 amide bonds. The van der Waals surface area contributed by atoms with E-state index >= 15 is 0 Å². The zero-order valence-corrected chi connectivity index (χ0v) is 16.4. The van der Waals surface area contributed by atoms with E-state index in [4.69, 9.17) is 14.2 Å².